The van der Waals surface area contributed by atoms with Gasteiger partial charge in [-0.15, -0.1) is 11.3 Å². The number of benzene rings is 6. The monoisotopic (exact) mass is 765 g/mol. The number of thiophene rings is 1. The lowest BCUT2D eigenvalue weighted by Crippen LogP contribution is -2.44. The summed E-state index contributed by atoms with van der Waals surface area (Å²) in [7, 11) is 0. The van der Waals surface area contributed by atoms with Crippen molar-refractivity contribution in [2.45, 2.75) is 37.4 Å². The summed E-state index contributed by atoms with van der Waals surface area (Å²) in [5.41, 5.74) is 14.2. The zero-order valence-corrected chi connectivity index (χ0v) is 32.6. The Labute approximate surface area is 340 Å². The van der Waals surface area contributed by atoms with E-state index in [9.17, 15) is 0 Å². The van der Waals surface area contributed by atoms with Gasteiger partial charge in [0, 0.05) is 43.2 Å². The third-order valence-corrected chi connectivity index (χ3v) is 13.6. The van der Waals surface area contributed by atoms with Crippen LogP contribution in [-0.2, 0) is 6.42 Å². The number of fused-ring (bicyclic) bond motifs is 9. The molecule has 1 aliphatic heterocycles. The number of nitrogens with zero attached hydrogens (tertiary/aromatic N) is 1. The van der Waals surface area contributed by atoms with Crippen LogP contribution < -0.4 is 10.6 Å². The number of para-hydroxylation sites is 1. The van der Waals surface area contributed by atoms with Crippen LogP contribution in [0.2, 0.25) is 0 Å². The number of hydrogen-bond acceptors (Lipinski definition) is 5. The molecule has 0 amide bonds. The Balaban J connectivity index is 0.909. The Hall–Kier alpha value is -6.53. The smallest absolute Gasteiger partial charge is 0.135 e. The molecule has 58 heavy (non-hydrogen) atoms. The van der Waals surface area contributed by atoms with Crippen molar-refractivity contribution in [2.75, 3.05) is 0 Å². The van der Waals surface area contributed by atoms with Crippen LogP contribution in [0.15, 0.2) is 174 Å². The Morgan fingerprint density at radius 2 is 1.52 bits per heavy atom. The van der Waals surface area contributed by atoms with Gasteiger partial charge < -0.3 is 9.73 Å². The Morgan fingerprint density at radius 1 is 0.724 bits per heavy atom. The van der Waals surface area contributed by atoms with Crippen LogP contribution in [0.1, 0.15) is 58.4 Å². The highest BCUT2D eigenvalue weighted by Crippen LogP contribution is 2.42. The predicted octanol–water partition coefficient (Wildman–Crippen LogP) is 13.3. The molecule has 5 heteroatoms. The summed E-state index contributed by atoms with van der Waals surface area (Å²) in [6, 6.07) is 50.2. The van der Waals surface area contributed by atoms with Crippen molar-refractivity contribution >= 4 is 81.7 Å². The second-order valence-corrected chi connectivity index (χ2v) is 16.9. The second-order valence-electron chi connectivity index (χ2n) is 15.8. The fourth-order valence-corrected chi connectivity index (χ4v) is 10.7. The molecule has 6 aromatic carbocycles. The zero-order valence-electron chi connectivity index (χ0n) is 31.8. The summed E-state index contributed by atoms with van der Waals surface area (Å²) in [6.45, 7) is 0. The van der Waals surface area contributed by atoms with E-state index in [1.54, 1.807) is 0 Å². The van der Waals surface area contributed by atoms with Crippen LogP contribution in [0, 0.1) is 0 Å². The molecule has 3 atom stereocenters. The lowest BCUT2D eigenvalue weighted by molar-refractivity contribution is 0.455. The van der Waals surface area contributed by atoms with E-state index in [2.05, 4.69) is 174 Å². The van der Waals surface area contributed by atoms with E-state index < -0.39 is 0 Å². The molecular formula is C53H39N3OS. The minimum absolute atomic E-state index is 0.0448. The van der Waals surface area contributed by atoms with Crippen molar-refractivity contribution in [3.8, 4) is 0 Å². The molecule has 4 heterocycles. The molecule has 278 valence electrons. The van der Waals surface area contributed by atoms with Gasteiger partial charge >= 0.3 is 0 Å². The minimum Gasteiger partial charge on any atom is -0.456 e. The standard InChI is InChI=1S/C53H39N3OS/c1-2-12-32(13-3-1)53-54-44(36-14-10-15-38(30-36)50-40-16-4-5-17-41(40)52-51(56-50)43-19-7-9-23-48(43)58-52)31-45(55-53)37-27-25-33-28-35(26-24-34(33)29-37)39-20-11-22-47-49(39)42-18-6-8-21-46(42)57-47/h1-9,11-13,15-27,29-31,35,44,53-55H,10,14,28H2. The van der Waals surface area contributed by atoms with Crippen molar-refractivity contribution < 1.29 is 4.42 Å². The number of rotatable bonds is 5. The number of aromatic nitrogens is 1. The maximum Gasteiger partial charge on any atom is 0.135 e. The average molecular weight is 766 g/mol. The third kappa shape index (κ3) is 5.57. The van der Waals surface area contributed by atoms with Gasteiger partial charge in [0.1, 0.15) is 17.3 Å². The summed E-state index contributed by atoms with van der Waals surface area (Å²) in [4.78, 5) is 5.45. The van der Waals surface area contributed by atoms with E-state index in [1.165, 1.54) is 75.3 Å². The third-order valence-electron chi connectivity index (χ3n) is 12.4. The fraction of sp³-hybridized carbons (Fsp3) is 0.113. The summed E-state index contributed by atoms with van der Waals surface area (Å²) >= 11 is 1.84. The first-order chi connectivity index (χ1) is 28.7. The summed E-state index contributed by atoms with van der Waals surface area (Å²) < 4.78 is 8.79. The van der Waals surface area contributed by atoms with Gasteiger partial charge in [-0.1, -0.05) is 140 Å². The molecule has 2 aliphatic carbocycles. The molecule has 9 aromatic rings. The van der Waals surface area contributed by atoms with Crippen LogP contribution in [0.3, 0.4) is 0 Å². The maximum absolute atomic E-state index is 6.25. The van der Waals surface area contributed by atoms with Crippen LogP contribution in [0.5, 0.6) is 0 Å². The quantitative estimate of drug-likeness (QED) is 0.183. The van der Waals surface area contributed by atoms with Gasteiger partial charge in [0.05, 0.1) is 22.0 Å². The average Bonchev–Trinajstić information content (AvgIpc) is 3.87. The van der Waals surface area contributed by atoms with Gasteiger partial charge in [-0.05, 0) is 88.6 Å². The molecule has 2 N–H and O–H groups in total. The molecule has 0 saturated carbocycles. The predicted molar refractivity (Wildman–Crippen MR) is 243 cm³/mol. The number of hydrogen-bond donors (Lipinski definition) is 2. The first kappa shape index (κ1) is 33.6. The Morgan fingerprint density at radius 3 is 2.43 bits per heavy atom. The van der Waals surface area contributed by atoms with E-state index >= 15 is 0 Å². The molecule has 3 aromatic heterocycles. The number of allylic oxidation sites excluding steroid dienone is 4. The SMILES string of the molecule is C1=CC(c2cccc3oc4ccccc4c23)Cc2ccc(C3=CC(C4=CC(c5nc6c7ccccc7sc6c6ccccc56)=CCC4)NC(c4ccccc4)N3)cc21. The molecule has 3 aliphatic rings. The highest BCUT2D eigenvalue weighted by Gasteiger charge is 2.28. The van der Waals surface area contributed by atoms with Gasteiger partial charge in [-0.25, -0.2) is 4.98 Å². The van der Waals surface area contributed by atoms with Gasteiger partial charge in [-0.3, -0.25) is 5.32 Å². The Bertz CT molecular complexity index is 3240. The molecule has 0 fully saturated rings. The van der Waals surface area contributed by atoms with Crippen LogP contribution in [0.4, 0.5) is 0 Å². The van der Waals surface area contributed by atoms with Gasteiger partial charge in [0.15, 0.2) is 0 Å². The summed E-state index contributed by atoms with van der Waals surface area (Å²) in [6.07, 6.45) is 14.8. The van der Waals surface area contributed by atoms with Crippen LogP contribution in [-0.4, -0.2) is 11.0 Å². The molecule has 3 unspecified atom stereocenters. The van der Waals surface area contributed by atoms with Crippen molar-refractivity contribution in [1.29, 1.82) is 0 Å². The van der Waals surface area contributed by atoms with E-state index in [1.807, 2.05) is 17.4 Å². The van der Waals surface area contributed by atoms with Crippen molar-refractivity contribution in [1.82, 2.24) is 15.6 Å². The normalized spacial score (nSPS) is 19.3. The van der Waals surface area contributed by atoms with E-state index in [0.29, 0.717) is 0 Å². The number of pyridine rings is 1. The van der Waals surface area contributed by atoms with Crippen LogP contribution >= 0.6 is 11.3 Å². The largest absolute Gasteiger partial charge is 0.456 e. The molecule has 0 radical (unpaired) electrons. The maximum atomic E-state index is 6.25. The highest BCUT2D eigenvalue weighted by atomic mass is 32.1. The molecule has 0 bridgehead atoms. The van der Waals surface area contributed by atoms with E-state index in [4.69, 9.17) is 9.40 Å². The Kier molecular flexibility index (Phi) is 7.85. The number of nitrogens with one attached hydrogen (secondary N) is 2. The first-order valence-corrected chi connectivity index (χ1v) is 21.2. The van der Waals surface area contributed by atoms with Gasteiger partial charge in [0.2, 0.25) is 0 Å². The second kappa shape index (κ2) is 13.6. The first-order valence-electron chi connectivity index (χ1n) is 20.3. The lowest BCUT2D eigenvalue weighted by atomic mass is 9.82. The lowest BCUT2D eigenvalue weighted by Gasteiger charge is -2.35. The zero-order chi connectivity index (χ0) is 38.2. The number of furan rings is 1. The van der Waals surface area contributed by atoms with Crippen molar-refractivity contribution in [2.24, 2.45) is 0 Å². The summed E-state index contributed by atoms with van der Waals surface area (Å²) in [5, 5.41) is 14.0. The van der Waals surface area contributed by atoms with Gasteiger partial charge in [0.25, 0.3) is 0 Å². The minimum atomic E-state index is -0.0461. The van der Waals surface area contributed by atoms with Crippen molar-refractivity contribution in [3.63, 3.8) is 0 Å². The molecule has 0 saturated heterocycles. The molecule has 0 spiro atoms. The van der Waals surface area contributed by atoms with E-state index in [-0.39, 0.29) is 18.1 Å². The highest BCUT2D eigenvalue weighted by molar-refractivity contribution is 7.26. The van der Waals surface area contributed by atoms with Crippen molar-refractivity contribution in [3.05, 3.63) is 203 Å². The molecule has 12 rings (SSSR count). The summed E-state index contributed by atoms with van der Waals surface area (Å²) in [5.74, 6) is 0.275. The molecular weight excluding hydrogens is 727 g/mol. The fourth-order valence-electron chi connectivity index (χ4n) is 9.55. The topological polar surface area (TPSA) is 50.1 Å². The van der Waals surface area contributed by atoms with Gasteiger partial charge in [-0.2, -0.15) is 0 Å². The van der Waals surface area contributed by atoms with E-state index in [0.717, 1.165) is 47.3 Å². The molecule has 4 nitrogen and oxygen atoms in total. The van der Waals surface area contributed by atoms with Crippen LogP contribution in [0.25, 0.3) is 70.4 Å².